The van der Waals surface area contributed by atoms with Crippen molar-refractivity contribution in [1.82, 2.24) is 4.98 Å². The molecule has 17 heavy (non-hydrogen) atoms. The summed E-state index contributed by atoms with van der Waals surface area (Å²) in [6, 6.07) is 9.35. The lowest BCUT2D eigenvalue weighted by Crippen LogP contribution is -2.07. The second-order valence-corrected chi connectivity index (χ2v) is 5.45. The minimum absolute atomic E-state index is 0.365. The van der Waals surface area contributed by atoms with Crippen molar-refractivity contribution in [2.75, 3.05) is 5.32 Å². The first kappa shape index (κ1) is 11.8. The van der Waals surface area contributed by atoms with Crippen LogP contribution in [0.15, 0.2) is 40.3 Å². The molecule has 1 aromatic carbocycles. The fourth-order valence-corrected chi connectivity index (χ4v) is 2.19. The van der Waals surface area contributed by atoms with Crippen LogP contribution in [0.2, 0.25) is 0 Å². The van der Waals surface area contributed by atoms with E-state index in [-0.39, 0.29) is 5.91 Å². The van der Waals surface area contributed by atoms with Crippen LogP contribution in [0.4, 0.5) is 5.13 Å². The summed E-state index contributed by atoms with van der Waals surface area (Å²) in [7, 11) is 0. The zero-order valence-electron chi connectivity index (χ0n) is 8.61. The van der Waals surface area contributed by atoms with E-state index in [1.165, 1.54) is 11.3 Å². The van der Waals surface area contributed by atoms with Crippen molar-refractivity contribution in [3.05, 3.63) is 45.9 Å². The molecule has 0 radical (unpaired) electrons. The van der Waals surface area contributed by atoms with E-state index < -0.39 is 0 Å². The number of carbonyl (C=O) groups excluding carboxylic acids is 1. The molecule has 0 saturated carbocycles. The average molecular weight is 307 g/mol. The molecule has 0 aliphatic carbocycles. The summed E-state index contributed by atoms with van der Waals surface area (Å²) in [5.74, 6) is 4.92. The topological polar surface area (TPSA) is 42.0 Å². The summed E-state index contributed by atoms with van der Waals surface area (Å²) in [6.07, 6.45) is 1.63. The first-order chi connectivity index (χ1) is 8.24. The van der Waals surface area contributed by atoms with Crippen LogP contribution in [0, 0.1) is 11.8 Å². The number of nitrogens with one attached hydrogen (secondary N) is 1. The van der Waals surface area contributed by atoms with E-state index in [2.05, 4.69) is 38.1 Å². The number of amides is 1. The van der Waals surface area contributed by atoms with E-state index in [1.807, 2.05) is 30.3 Å². The number of carbonyl (C=O) groups is 1. The third-order valence-corrected chi connectivity index (χ3v) is 3.18. The van der Waals surface area contributed by atoms with Gasteiger partial charge in [0.15, 0.2) is 5.13 Å². The minimum atomic E-state index is -0.365. The molecule has 0 unspecified atom stereocenters. The lowest BCUT2D eigenvalue weighted by atomic mass is 10.2. The van der Waals surface area contributed by atoms with Gasteiger partial charge < -0.3 is 0 Å². The van der Waals surface area contributed by atoms with Gasteiger partial charge in [0.1, 0.15) is 0 Å². The highest BCUT2D eigenvalue weighted by Crippen LogP contribution is 2.22. The number of hydrogen-bond donors (Lipinski definition) is 1. The molecule has 3 nitrogen and oxygen atoms in total. The van der Waals surface area contributed by atoms with Crippen LogP contribution in [-0.4, -0.2) is 10.9 Å². The quantitative estimate of drug-likeness (QED) is 0.823. The van der Waals surface area contributed by atoms with Gasteiger partial charge in [-0.1, -0.05) is 35.5 Å². The van der Waals surface area contributed by atoms with Gasteiger partial charge in [0, 0.05) is 11.5 Å². The standard InChI is InChI=1S/C12H7BrN2OS/c13-10-8-14-12(17-10)15-11(16)7-6-9-4-2-1-3-5-9/h1-5,8H,(H,14,15,16). The molecule has 1 aromatic heterocycles. The first-order valence-electron chi connectivity index (χ1n) is 4.73. The lowest BCUT2D eigenvalue weighted by molar-refractivity contribution is -0.111. The minimum Gasteiger partial charge on any atom is -0.291 e. The Morgan fingerprint density at radius 1 is 1.35 bits per heavy atom. The van der Waals surface area contributed by atoms with Crippen LogP contribution < -0.4 is 5.32 Å². The Morgan fingerprint density at radius 2 is 2.12 bits per heavy atom. The molecule has 1 heterocycles. The maximum Gasteiger partial charge on any atom is 0.302 e. The maximum absolute atomic E-state index is 11.5. The number of benzene rings is 1. The molecule has 1 N–H and O–H groups in total. The average Bonchev–Trinajstić information content (AvgIpc) is 2.73. The van der Waals surface area contributed by atoms with Crippen LogP contribution in [-0.2, 0) is 4.79 Å². The molecule has 0 atom stereocenters. The number of halogens is 1. The smallest absolute Gasteiger partial charge is 0.291 e. The van der Waals surface area contributed by atoms with Gasteiger partial charge in [0.2, 0.25) is 0 Å². The Hall–Kier alpha value is -1.64. The number of nitrogens with zero attached hydrogens (tertiary/aromatic N) is 1. The molecule has 0 bridgehead atoms. The molecule has 0 saturated heterocycles. The summed E-state index contributed by atoms with van der Waals surface area (Å²) in [5.41, 5.74) is 0.808. The van der Waals surface area contributed by atoms with Crippen molar-refractivity contribution in [2.24, 2.45) is 0 Å². The Kier molecular flexibility index (Phi) is 3.91. The third kappa shape index (κ3) is 3.70. The molecule has 5 heteroatoms. The predicted octanol–water partition coefficient (Wildman–Crippen LogP) is 2.90. The zero-order valence-corrected chi connectivity index (χ0v) is 11.0. The molecule has 2 rings (SSSR count). The fourth-order valence-electron chi connectivity index (χ4n) is 1.09. The van der Waals surface area contributed by atoms with Gasteiger partial charge in [-0.3, -0.25) is 10.1 Å². The third-order valence-electron chi connectivity index (χ3n) is 1.79. The number of anilines is 1. The van der Waals surface area contributed by atoms with Crippen LogP contribution in [0.1, 0.15) is 5.56 Å². The van der Waals surface area contributed by atoms with E-state index in [0.717, 1.165) is 9.35 Å². The van der Waals surface area contributed by atoms with Crippen LogP contribution in [0.3, 0.4) is 0 Å². The number of thiazole rings is 1. The zero-order chi connectivity index (χ0) is 12.1. The van der Waals surface area contributed by atoms with Crippen molar-refractivity contribution in [3.8, 4) is 11.8 Å². The summed E-state index contributed by atoms with van der Waals surface area (Å²) >= 11 is 4.61. The molecule has 1 amide bonds. The molecule has 0 aliphatic rings. The predicted molar refractivity (Wildman–Crippen MR) is 71.8 cm³/mol. The van der Waals surface area contributed by atoms with Crippen LogP contribution in [0.5, 0.6) is 0 Å². The molecule has 84 valence electrons. The molecular formula is C12H7BrN2OS. The largest absolute Gasteiger partial charge is 0.302 e. The van der Waals surface area contributed by atoms with Crippen molar-refractivity contribution in [2.45, 2.75) is 0 Å². The van der Waals surface area contributed by atoms with Gasteiger partial charge in [-0.25, -0.2) is 4.98 Å². The highest BCUT2D eigenvalue weighted by molar-refractivity contribution is 9.11. The Morgan fingerprint density at radius 3 is 2.76 bits per heavy atom. The van der Waals surface area contributed by atoms with Gasteiger partial charge in [0.05, 0.1) is 9.98 Å². The summed E-state index contributed by atoms with van der Waals surface area (Å²) in [6.45, 7) is 0. The lowest BCUT2D eigenvalue weighted by Gasteiger charge is -1.92. The van der Waals surface area contributed by atoms with E-state index >= 15 is 0 Å². The second kappa shape index (κ2) is 5.62. The fraction of sp³-hybridized carbons (Fsp3) is 0. The van der Waals surface area contributed by atoms with Gasteiger partial charge in [-0.2, -0.15) is 0 Å². The summed E-state index contributed by atoms with van der Waals surface area (Å²) in [4.78, 5) is 15.4. The monoisotopic (exact) mass is 306 g/mol. The highest BCUT2D eigenvalue weighted by Gasteiger charge is 2.02. The van der Waals surface area contributed by atoms with Gasteiger partial charge in [-0.15, -0.1) is 0 Å². The second-order valence-electron chi connectivity index (χ2n) is 3.04. The van der Waals surface area contributed by atoms with Gasteiger partial charge in [0.25, 0.3) is 0 Å². The highest BCUT2D eigenvalue weighted by atomic mass is 79.9. The maximum atomic E-state index is 11.5. The van der Waals surface area contributed by atoms with Crippen LogP contribution in [0.25, 0.3) is 0 Å². The van der Waals surface area contributed by atoms with E-state index in [4.69, 9.17) is 0 Å². The van der Waals surface area contributed by atoms with Gasteiger partial charge >= 0.3 is 5.91 Å². The first-order valence-corrected chi connectivity index (χ1v) is 6.34. The SMILES string of the molecule is O=C(C#Cc1ccccc1)Nc1ncc(Br)s1. The van der Waals surface area contributed by atoms with E-state index in [0.29, 0.717) is 5.13 Å². The Balaban J connectivity index is 2.01. The molecule has 2 aromatic rings. The normalized spacial score (nSPS) is 9.24. The number of aromatic nitrogens is 1. The molecule has 0 spiro atoms. The van der Waals surface area contributed by atoms with Crippen molar-refractivity contribution >= 4 is 38.3 Å². The summed E-state index contributed by atoms with van der Waals surface area (Å²) < 4.78 is 0.865. The molecule has 0 fully saturated rings. The van der Waals surface area contributed by atoms with Crippen LogP contribution >= 0.6 is 27.3 Å². The Labute approximate surface area is 111 Å². The van der Waals surface area contributed by atoms with Crippen molar-refractivity contribution < 1.29 is 4.79 Å². The summed E-state index contributed by atoms with van der Waals surface area (Å²) in [5, 5.41) is 3.13. The van der Waals surface area contributed by atoms with E-state index in [9.17, 15) is 4.79 Å². The van der Waals surface area contributed by atoms with E-state index in [1.54, 1.807) is 6.20 Å². The number of hydrogen-bond acceptors (Lipinski definition) is 3. The van der Waals surface area contributed by atoms with Gasteiger partial charge in [-0.05, 0) is 28.1 Å². The number of rotatable bonds is 1. The Bertz CT molecular complexity index is 583. The van der Waals surface area contributed by atoms with Crippen molar-refractivity contribution in [1.29, 1.82) is 0 Å². The molecular weight excluding hydrogens is 300 g/mol. The molecule has 0 aliphatic heterocycles. The van der Waals surface area contributed by atoms with Crippen molar-refractivity contribution in [3.63, 3.8) is 0 Å².